The number of anilines is 1. The van der Waals surface area contributed by atoms with Gasteiger partial charge in [0.25, 0.3) is 0 Å². The highest BCUT2D eigenvalue weighted by molar-refractivity contribution is 9.10. The molecule has 0 heterocycles. The monoisotopic (exact) mass is 242 g/mol. The minimum Gasteiger partial charge on any atom is -0.381 e. The number of nitrogens with zero attached hydrogens (tertiary/aromatic N) is 1. The van der Waals surface area contributed by atoms with Gasteiger partial charge in [0.05, 0.1) is 11.3 Å². The fraction of sp³-hybridized carbons (Fsp3) is 0.222. The van der Waals surface area contributed by atoms with Crippen LogP contribution in [0.1, 0.15) is 5.56 Å². The first-order valence-electron chi connectivity index (χ1n) is 3.77. The summed E-state index contributed by atoms with van der Waals surface area (Å²) in [5.74, 6) is 0. The third-order valence-corrected chi connectivity index (χ3v) is 2.01. The smallest absolute Gasteiger partial charge is 0.107 e. The first-order valence-corrected chi connectivity index (χ1v) is 4.56. The van der Waals surface area contributed by atoms with Crippen LogP contribution >= 0.6 is 15.9 Å². The van der Waals surface area contributed by atoms with Gasteiger partial charge in [-0.25, -0.2) is 4.39 Å². The van der Waals surface area contributed by atoms with E-state index in [4.69, 9.17) is 5.26 Å². The summed E-state index contributed by atoms with van der Waals surface area (Å²) in [5.41, 5.74) is 1.19. The van der Waals surface area contributed by atoms with Gasteiger partial charge in [-0.2, -0.15) is 5.26 Å². The van der Waals surface area contributed by atoms with Gasteiger partial charge in [0.2, 0.25) is 0 Å². The molecule has 0 unspecified atom stereocenters. The number of alkyl halides is 1. The van der Waals surface area contributed by atoms with Crippen molar-refractivity contribution in [1.82, 2.24) is 0 Å². The highest BCUT2D eigenvalue weighted by atomic mass is 79.9. The summed E-state index contributed by atoms with van der Waals surface area (Å²) < 4.78 is 12.7. The largest absolute Gasteiger partial charge is 0.381 e. The third kappa shape index (κ3) is 2.71. The van der Waals surface area contributed by atoms with Crippen molar-refractivity contribution in [3.63, 3.8) is 0 Å². The molecule has 1 N–H and O–H groups in total. The first kappa shape index (κ1) is 10.0. The van der Waals surface area contributed by atoms with Crippen molar-refractivity contribution in [3.05, 3.63) is 28.2 Å². The Labute approximate surface area is 84.5 Å². The number of benzene rings is 1. The lowest BCUT2D eigenvalue weighted by Crippen LogP contribution is -2.04. The number of nitrogens with one attached hydrogen (secondary N) is 1. The van der Waals surface area contributed by atoms with E-state index in [9.17, 15) is 4.39 Å². The first-order chi connectivity index (χ1) is 6.27. The zero-order chi connectivity index (χ0) is 9.68. The highest BCUT2D eigenvalue weighted by Gasteiger charge is 2.00. The van der Waals surface area contributed by atoms with E-state index in [2.05, 4.69) is 21.2 Å². The molecule has 2 nitrogen and oxygen atoms in total. The molecule has 4 heteroatoms. The quantitative estimate of drug-likeness (QED) is 0.885. The number of rotatable bonds is 3. The van der Waals surface area contributed by atoms with Gasteiger partial charge in [-0.15, -0.1) is 0 Å². The van der Waals surface area contributed by atoms with Crippen molar-refractivity contribution < 1.29 is 4.39 Å². The molecule has 1 rings (SSSR count). The lowest BCUT2D eigenvalue weighted by atomic mass is 10.2. The summed E-state index contributed by atoms with van der Waals surface area (Å²) in [6.07, 6.45) is 0. The second kappa shape index (κ2) is 4.83. The van der Waals surface area contributed by atoms with Crippen LogP contribution in [0, 0.1) is 11.3 Å². The van der Waals surface area contributed by atoms with Crippen LogP contribution in [-0.4, -0.2) is 13.2 Å². The van der Waals surface area contributed by atoms with Crippen molar-refractivity contribution in [3.8, 4) is 6.07 Å². The van der Waals surface area contributed by atoms with Gasteiger partial charge in [-0.3, -0.25) is 0 Å². The molecular formula is C9H8BrFN2. The molecule has 0 spiro atoms. The van der Waals surface area contributed by atoms with Crippen LogP contribution in [0.15, 0.2) is 22.7 Å². The molecule has 0 fully saturated rings. The zero-order valence-corrected chi connectivity index (χ0v) is 8.44. The predicted octanol–water partition coefficient (Wildman–Crippen LogP) is 2.70. The number of halogens is 2. The Morgan fingerprint density at radius 2 is 2.31 bits per heavy atom. The number of hydrogen-bond donors (Lipinski definition) is 1. The molecule has 13 heavy (non-hydrogen) atoms. The second-order valence-electron chi connectivity index (χ2n) is 2.42. The Balaban J connectivity index is 2.89. The lowest BCUT2D eigenvalue weighted by Gasteiger charge is -2.05. The average Bonchev–Trinajstić information content (AvgIpc) is 2.15. The number of hydrogen-bond acceptors (Lipinski definition) is 2. The molecule has 1 aromatic rings. The van der Waals surface area contributed by atoms with Crippen LogP contribution in [0.4, 0.5) is 10.1 Å². The van der Waals surface area contributed by atoms with Gasteiger partial charge in [0.15, 0.2) is 0 Å². The molecule has 0 amide bonds. The SMILES string of the molecule is N#Cc1ccc(Br)cc1NCCF. The predicted molar refractivity (Wildman–Crippen MR) is 53.3 cm³/mol. The fourth-order valence-corrected chi connectivity index (χ4v) is 1.30. The van der Waals surface area contributed by atoms with Gasteiger partial charge in [-0.1, -0.05) is 15.9 Å². The molecule has 0 radical (unpaired) electrons. The lowest BCUT2D eigenvalue weighted by molar-refractivity contribution is 0.513. The van der Waals surface area contributed by atoms with Crippen LogP contribution in [-0.2, 0) is 0 Å². The van der Waals surface area contributed by atoms with E-state index in [1.807, 2.05) is 6.07 Å². The van der Waals surface area contributed by atoms with Crippen molar-refractivity contribution in [2.75, 3.05) is 18.5 Å². The summed E-state index contributed by atoms with van der Waals surface area (Å²) in [5, 5.41) is 11.5. The standard InChI is InChI=1S/C9H8BrFN2/c10-8-2-1-7(6-12)9(5-8)13-4-3-11/h1-2,5,13H,3-4H2. The summed E-state index contributed by atoms with van der Waals surface area (Å²) in [7, 11) is 0. The van der Waals surface area contributed by atoms with E-state index in [1.165, 1.54) is 0 Å². The molecule has 0 aliphatic carbocycles. The minimum absolute atomic E-state index is 0.227. The van der Waals surface area contributed by atoms with Crippen LogP contribution < -0.4 is 5.32 Å². The molecular weight excluding hydrogens is 235 g/mol. The van der Waals surface area contributed by atoms with Gasteiger partial charge >= 0.3 is 0 Å². The molecule has 0 bridgehead atoms. The van der Waals surface area contributed by atoms with Crippen molar-refractivity contribution >= 4 is 21.6 Å². The van der Waals surface area contributed by atoms with Gasteiger partial charge < -0.3 is 5.32 Å². The van der Waals surface area contributed by atoms with Crippen LogP contribution in [0.2, 0.25) is 0 Å². The van der Waals surface area contributed by atoms with E-state index in [-0.39, 0.29) is 6.54 Å². The van der Waals surface area contributed by atoms with Gasteiger partial charge in [0, 0.05) is 11.0 Å². The maximum Gasteiger partial charge on any atom is 0.107 e. The van der Waals surface area contributed by atoms with E-state index in [1.54, 1.807) is 18.2 Å². The van der Waals surface area contributed by atoms with Gasteiger partial charge in [-0.05, 0) is 18.2 Å². The summed E-state index contributed by atoms with van der Waals surface area (Å²) >= 11 is 3.27. The highest BCUT2D eigenvalue weighted by Crippen LogP contribution is 2.20. The molecule has 0 atom stereocenters. The van der Waals surface area contributed by atoms with Crippen LogP contribution in [0.5, 0.6) is 0 Å². The Hall–Kier alpha value is -1.08. The topological polar surface area (TPSA) is 35.8 Å². The van der Waals surface area contributed by atoms with Gasteiger partial charge in [0.1, 0.15) is 12.7 Å². The van der Waals surface area contributed by atoms with Crippen LogP contribution in [0.25, 0.3) is 0 Å². The summed E-state index contributed by atoms with van der Waals surface area (Å²) in [6.45, 7) is -0.220. The van der Waals surface area contributed by atoms with E-state index < -0.39 is 6.67 Å². The molecule has 68 valence electrons. The van der Waals surface area contributed by atoms with Crippen molar-refractivity contribution in [1.29, 1.82) is 5.26 Å². The van der Waals surface area contributed by atoms with E-state index >= 15 is 0 Å². The maximum atomic E-state index is 11.9. The normalized spacial score (nSPS) is 9.31. The van der Waals surface area contributed by atoms with E-state index in [0.29, 0.717) is 11.3 Å². The molecule has 0 aliphatic rings. The Morgan fingerprint density at radius 1 is 1.54 bits per heavy atom. The average molecular weight is 243 g/mol. The fourth-order valence-electron chi connectivity index (χ4n) is 0.942. The maximum absolute atomic E-state index is 11.9. The minimum atomic E-state index is -0.447. The zero-order valence-electron chi connectivity index (χ0n) is 6.85. The third-order valence-electron chi connectivity index (χ3n) is 1.51. The van der Waals surface area contributed by atoms with Crippen molar-refractivity contribution in [2.45, 2.75) is 0 Å². The van der Waals surface area contributed by atoms with E-state index in [0.717, 1.165) is 4.47 Å². The Morgan fingerprint density at radius 3 is 2.92 bits per heavy atom. The molecule has 0 aromatic heterocycles. The summed E-state index contributed by atoms with van der Waals surface area (Å²) in [4.78, 5) is 0. The van der Waals surface area contributed by atoms with Crippen molar-refractivity contribution in [2.24, 2.45) is 0 Å². The Kier molecular flexibility index (Phi) is 3.71. The summed E-state index contributed by atoms with van der Waals surface area (Å²) in [6, 6.07) is 7.25. The molecule has 0 aliphatic heterocycles. The molecule has 0 saturated carbocycles. The number of nitriles is 1. The Bertz CT molecular complexity index is 333. The second-order valence-corrected chi connectivity index (χ2v) is 3.33. The van der Waals surface area contributed by atoms with Crippen LogP contribution in [0.3, 0.4) is 0 Å². The molecule has 1 aromatic carbocycles. The molecule has 0 saturated heterocycles.